The summed E-state index contributed by atoms with van der Waals surface area (Å²) < 4.78 is 5.17. The van der Waals surface area contributed by atoms with E-state index in [1.54, 1.807) is 6.20 Å². The Balaban J connectivity index is 1.65. The fourth-order valence-electron chi connectivity index (χ4n) is 2.41. The summed E-state index contributed by atoms with van der Waals surface area (Å²) in [4.78, 5) is 2.40. The number of nitrogens with one attached hydrogen (secondary N) is 1. The standard InChI is InChI=1S/C14H17N3O/c1-2-4-12(5-3-1)14-11-17(9-8-15-14)10-13-6-7-16-18-13/h1-7,14-15H,8-11H2. The smallest absolute Gasteiger partial charge is 0.150 e. The van der Waals surface area contributed by atoms with E-state index in [0.29, 0.717) is 6.04 Å². The van der Waals surface area contributed by atoms with Gasteiger partial charge in [-0.15, -0.1) is 0 Å². The molecule has 1 unspecified atom stereocenters. The highest BCUT2D eigenvalue weighted by molar-refractivity contribution is 5.19. The van der Waals surface area contributed by atoms with Crippen LogP contribution in [-0.2, 0) is 6.54 Å². The molecule has 1 aliphatic heterocycles. The van der Waals surface area contributed by atoms with Crippen LogP contribution in [0, 0.1) is 0 Å². The molecule has 18 heavy (non-hydrogen) atoms. The molecule has 3 rings (SSSR count). The van der Waals surface area contributed by atoms with E-state index in [2.05, 4.69) is 45.7 Å². The Bertz CT molecular complexity index is 469. The van der Waals surface area contributed by atoms with Gasteiger partial charge in [-0.25, -0.2) is 0 Å². The normalized spacial score (nSPS) is 21.0. The zero-order valence-corrected chi connectivity index (χ0v) is 10.2. The van der Waals surface area contributed by atoms with E-state index in [-0.39, 0.29) is 0 Å². The van der Waals surface area contributed by atoms with Gasteiger partial charge in [0.1, 0.15) is 0 Å². The third-order valence-electron chi connectivity index (χ3n) is 3.33. The Morgan fingerprint density at radius 2 is 2.17 bits per heavy atom. The number of benzene rings is 1. The van der Waals surface area contributed by atoms with E-state index >= 15 is 0 Å². The van der Waals surface area contributed by atoms with E-state index in [9.17, 15) is 0 Å². The van der Waals surface area contributed by atoms with Crippen LogP contribution in [-0.4, -0.2) is 29.7 Å². The van der Waals surface area contributed by atoms with Gasteiger partial charge in [0.05, 0.1) is 12.7 Å². The zero-order chi connectivity index (χ0) is 12.2. The molecule has 2 heterocycles. The monoisotopic (exact) mass is 243 g/mol. The van der Waals surface area contributed by atoms with Crippen LogP contribution in [0.2, 0.25) is 0 Å². The Hall–Kier alpha value is -1.65. The molecule has 2 aromatic rings. The Labute approximate surface area is 107 Å². The van der Waals surface area contributed by atoms with Crippen LogP contribution >= 0.6 is 0 Å². The molecule has 4 heteroatoms. The van der Waals surface area contributed by atoms with Gasteiger partial charge in [-0.05, 0) is 5.56 Å². The molecular formula is C14H17N3O. The van der Waals surface area contributed by atoms with Gasteiger partial charge in [-0.1, -0.05) is 35.5 Å². The van der Waals surface area contributed by atoms with Crippen molar-refractivity contribution in [1.82, 2.24) is 15.4 Å². The lowest BCUT2D eigenvalue weighted by Gasteiger charge is -2.33. The maximum absolute atomic E-state index is 5.17. The van der Waals surface area contributed by atoms with Gasteiger partial charge in [0, 0.05) is 31.7 Å². The molecule has 1 saturated heterocycles. The van der Waals surface area contributed by atoms with Gasteiger partial charge in [0.25, 0.3) is 0 Å². The first-order valence-electron chi connectivity index (χ1n) is 6.32. The van der Waals surface area contributed by atoms with Crippen molar-refractivity contribution < 1.29 is 4.52 Å². The molecule has 94 valence electrons. The summed E-state index contributed by atoms with van der Waals surface area (Å²) in [6, 6.07) is 12.9. The second kappa shape index (κ2) is 5.33. The molecule has 1 aromatic carbocycles. The first-order chi connectivity index (χ1) is 8.92. The molecule has 0 amide bonds. The lowest BCUT2D eigenvalue weighted by molar-refractivity contribution is 0.175. The minimum atomic E-state index is 0.405. The van der Waals surface area contributed by atoms with E-state index in [4.69, 9.17) is 4.52 Å². The van der Waals surface area contributed by atoms with Gasteiger partial charge < -0.3 is 9.84 Å². The number of hydrogen-bond acceptors (Lipinski definition) is 4. The van der Waals surface area contributed by atoms with Gasteiger partial charge in [-0.3, -0.25) is 4.90 Å². The third kappa shape index (κ3) is 2.60. The second-order valence-corrected chi connectivity index (χ2v) is 4.63. The molecule has 1 aliphatic rings. The maximum atomic E-state index is 5.17. The minimum Gasteiger partial charge on any atom is -0.360 e. The number of piperazine rings is 1. The lowest BCUT2D eigenvalue weighted by Crippen LogP contribution is -2.45. The molecule has 0 radical (unpaired) electrons. The molecule has 1 fully saturated rings. The molecule has 0 spiro atoms. The van der Waals surface area contributed by atoms with Crippen molar-refractivity contribution in [3.8, 4) is 0 Å². The Morgan fingerprint density at radius 1 is 1.28 bits per heavy atom. The van der Waals surface area contributed by atoms with Crippen molar-refractivity contribution in [3.05, 3.63) is 53.9 Å². The van der Waals surface area contributed by atoms with Crippen LogP contribution in [0.1, 0.15) is 17.4 Å². The molecule has 0 bridgehead atoms. The van der Waals surface area contributed by atoms with Gasteiger partial charge in [0.2, 0.25) is 0 Å². The number of aromatic nitrogens is 1. The first-order valence-corrected chi connectivity index (χ1v) is 6.32. The maximum Gasteiger partial charge on any atom is 0.150 e. The summed E-state index contributed by atoms with van der Waals surface area (Å²) >= 11 is 0. The predicted octanol–water partition coefficient (Wildman–Crippen LogP) is 1.82. The summed E-state index contributed by atoms with van der Waals surface area (Å²) in [5, 5.41) is 7.30. The van der Waals surface area contributed by atoms with E-state index in [0.717, 1.165) is 31.9 Å². The topological polar surface area (TPSA) is 41.3 Å². The van der Waals surface area contributed by atoms with E-state index < -0.39 is 0 Å². The number of nitrogens with zero attached hydrogens (tertiary/aromatic N) is 2. The SMILES string of the molecule is c1ccc(C2CN(Cc3ccno3)CCN2)cc1. The minimum absolute atomic E-state index is 0.405. The number of hydrogen-bond donors (Lipinski definition) is 1. The molecule has 4 nitrogen and oxygen atoms in total. The van der Waals surface area contributed by atoms with Crippen LogP contribution in [0.25, 0.3) is 0 Å². The number of rotatable bonds is 3. The van der Waals surface area contributed by atoms with E-state index in [1.807, 2.05) is 6.07 Å². The molecule has 0 aliphatic carbocycles. The average Bonchev–Trinajstić information content (AvgIpc) is 2.93. The quantitative estimate of drug-likeness (QED) is 0.893. The molecular weight excluding hydrogens is 226 g/mol. The zero-order valence-electron chi connectivity index (χ0n) is 10.2. The van der Waals surface area contributed by atoms with Gasteiger partial charge >= 0.3 is 0 Å². The summed E-state index contributed by atoms with van der Waals surface area (Å²) in [6.07, 6.45) is 1.70. The van der Waals surface area contributed by atoms with Crippen LogP contribution < -0.4 is 5.32 Å². The van der Waals surface area contributed by atoms with E-state index in [1.165, 1.54) is 5.56 Å². The lowest BCUT2D eigenvalue weighted by atomic mass is 10.0. The van der Waals surface area contributed by atoms with Crippen molar-refractivity contribution >= 4 is 0 Å². The highest BCUT2D eigenvalue weighted by Crippen LogP contribution is 2.18. The molecule has 1 aromatic heterocycles. The average molecular weight is 243 g/mol. The molecule has 1 N–H and O–H groups in total. The Morgan fingerprint density at radius 3 is 2.94 bits per heavy atom. The fraction of sp³-hybridized carbons (Fsp3) is 0.357. The Kier molecular flexibility index (Phi) is 3.39. The van der Waals surface area contributed by atoms with Crippen molar-refractivity contribution in [1.29, 1.82) is 0 Å². The van der Waals surface area contributed by atoms with Crippen molar-refractivity contribution in [2.24, 2.45) is 0 Å². The molecule has 1 atom stereocenters. The highest BCUT2D eigenvalue weighted by atomic mass is 16.5. The second-order valence-electron chi connectivity index (χ2n) is 4.63. The van der Waals surface area contributed by atoms with Crippen LogP contribution in [0.15, 0.2) is 47.1 Å². The van der Waals surface area contributed by atoms with Crippen LogP contribution in [0.3, 0.4) is 0 Å². The van der Waals surface area contributed by atoms with Gasteiger partial charge in [-0.2, -0.15) is 0 Å². The highest BCUT2D eigenvalue weighted by Gasteiger charge is 2.21. The third-order valence-corrected chi connectivity index (χ3v) is 3.33. The molecule has 0 saturated carbocycles. The predicted molar refractivity (Wildman–Crippen MR) is 69.0 cm³/mol. The fourth-order valence-corrected chi connectivity index (χ4v) is 2.41. The van der Waals surface area contributed by atoms with Crippen molar-refractivity contribution in [3.63, 3.8) is 0 Å². The van der Waals surface area contributed by atoms with Gasteiger partial charge in [0.15, 0.2) is 5.76 Å². The van der Waals surface area contributed by atoms with Crippen molar-refractivity contribution in [2.75, 3.05) is 19.6 Å². The summed E-state index contributed by atoms with van der Waals surface area (Å²) in [5.41, 5.74) is 1.35. The summed E-state index contributed by atoms with van der Waals surface area (Å²) in [5.74, 6) is 0.934. The first kappa shape index (κ1) is 11.4. The van der Waals surface area contributed by atoms with Crippen LogP contribution in [0.5, 0.6) is 0 Å². The summed E-state index contributed by atoms with van der Waals surface area (Å²) in [7, 11) is 0. The summed E-state index contributed by atoms with van der Waals surface area (Å²) in [6.45, 7) is 3.90. The largest absolute Gasteiger partial charge is 0.360 e. The van der Waals surface area contributed by atoms with Crippen molar-refractivity contribution in [2.45, 2.75) is 12.6 Å². The van der Waals surface area contributed by atoms with Crippen LogP contribution in [0.4, 0.5) is 0 Å².